The number of nitro benzene ring substituents is 1. The first kappa shape index (κ1) is 17.7. The molecule has 124 valence electrons. The zero-order chi connectivity index (χ0) is 17.7. The largest absolute Gasteiger partial charge is 0.497 e. The number of ether oxygens (including phenoxy) is 2. The van der Waals surface area contributed by atoms with E-state index >= 15 is 0 Å². The van der Waals surface area contributed by atoms with Gasteiger partial charge in [0.1, 0.15) is 11.5 Å². The first-order valence-corrected chi connectivity index (χ1v) is 7.64. The minimum absolute atomic E-state index is 0.0633. The molecule has 0 N–H and O–H groups in total. The molecule has 0 atom stereocenters. The van der Waals surface area contributed by atoms with E-state index in [1.54, 1.807) is 30.3 Å². The maximum atomic E-state index is 12.3. The zero-order valence-electron chi connectivity index (χ0n) is 13.0. The predicted molar refractivity (Wildman–Crippen MR) is 93.7 cm³/mol. The highest BCUT2D eigenvalue weighted by Gasteiger charge is 2.13. The average Bonchev–Trinajstić information content (AvgIpc) is 2.59. The highest BCUT2D eigenvalue weighted by Crippen LogP contribution is 2.27. The molecule has 0 saturated carbocycles. The predicted octanol–water partition coefficient (Wildman–Crippen LogP) is 4.27. The average molecular weight is 392 g/mol. The van der Waals surface area contributed by atoms with Crippen molar-refractivity contribution in [2.75, 3.05) is 14.2 Å². The second kappa shape index (κ2) is 7.74. The molecule has 0 aliphatic carbocycles. The van der Waals surface area contributed by atoms with Gasteiger partial charge in [0.05, 0.1) is 29.2 Å². The van der Waals surface area contributed by atoms with Gasteiger partial charge in [-0.25, -0.2) is 0 Å². The van der Waals surface area contributed by atoms with Gasteiger partial charge < -0.3 is 9.47 Å². The maximum absolute atomic E-state index is 12.3. The molecule has 0 spiro atoms. The molecule has 24 heavy (non-hydrogen) atoms. The molecule has 2 aromatic carbocycles. The minimum Gasteiger partial charge on any atom is -0.497 e. The van der Waals surface area contributed by atoms with Crippen LogP contribution in [-0.4, -0.2) is 24.9 Å². The van der Waals surface area contributed by atoms with Crippen molar-refractivity contribution in [1.82, 2.24) is 0 Å². The molecular weight excluding hydrogens is 378 g/mol. The van der Waals surface area contributed by atoms with Gasteiger partial charge in [-0.15, -0.1) is 0 Å². The van der Waals surface area contributed by atoms with E-state index in [2.05, 4.69) is 15.9 Å². The molecule has 6 nitrogen and oxygen atoms in total. The molecular formula is C17H14BrNO5. The van der Waals surface area contributed by atoms with Crippen LogP contribution in [0.5, 0.6) is 11.5 Å². The summed E-state index contributed by atoms with van der Waals surface area (Å²) in [5.41, 5.74) is 0.860. The van der Waals surface area contributed by atoms with Crippen LogP contribution in [0.15, 0.2) is 46.9 Å². The van der Waals surface area contributed by atoms with Crippen LogP contribution in [0.3, 0.4) is 0 Å². The smallest absolute Gasteiger partial charge is 0.284 e. The molecule has 0 aliphatic heterocycles. The molecule has 0 saturated heterocycles. The number of allylic oxidation sites excluding steroid dienone is 1. The third-order valence-corrected chi connectivity index (χ3v) is 3.94. The molecule has 0 aliphatic rings. The number of methoxy groups -OCH3 is 2. The van der Waals surface area contributed by atoms with Crippen LogP contribution in [0.1, 0.15) is 15.9 Å². The molecule has 0 aromatic heterocycles. The lowest BCUT2D eigenvalue weighted by Gasteiger charge is -2.07. The minimum atomic E-state index is -0.490. The Morgan fingerprint density at radius 3 is 2.54 bits per heavy atom. The van der Waals surface area contributed by atoms with E-state index < -0.39 is 4.92 Å². The van der Waals surface area contributed by atoms with Gasteiger partial charge in [0, 0.05) is 12.1 Å². The van der Waals surface area contributed by atoms with Gasteiger partial charge in [-0.05, 0) is 45.8 Å². The zero-order valence-corrected chi connectivity index (χ0v) is 14.6. The van der Waals surface area contributed by atoms with E-state index in [0.29, 0.717) is 27.1 Å². The molecule has 0 radical (unpaired) electrons. The Balaban J connectivity index is 2.28. The van der Waals surface area contributed by atoms with Crippen LogP contribution in [0, 0.1) is 10.1 Å². The van der Waals surface area contributed by atoms with E-state index in [0.717, 1.165) is 0 Å². The van der Waals surface area contributed by atoms with Crippen LogP contribution in [0.25, 0.3) is 6.08 Å². The first-order chi connectivity index (χ1) is 11.5. The molecule has 7 heteroatoms. The second-order valence-corrected chi connectivity index (χ2v) is 5.59. The normalized spacial score (nSPS) is 10.6. The summed E-state index contributed by atoms with van der Waals surface area (Å²) in [4.78, 5) is 22.8. The van der Waals surface area contributed by atoms with E-state index in [-0.39, 0.29) is 11.5 Å². The highest BCUT2D eigenvalue weighted by atomic mass is 79.9. The van der Waals surface area contributed by atoms with Crippen molar-refractivity contribution in [3.8, 4) is 11.5 Å². The Kier molecular flexibility index (Phi) is 5.70. The summed E-state index contributed by atoms with van der Waals surface area (Å²) >= 11 is 3.12. The van der Waals surface area contributed by atoms with Crippen LogP contribution in [0.2, 0.25) is 0 Å². The van der Waals surface area contributed by atoms with Gasteiger partial charge in [-0.1, -0.05) is 12.1 Å². The standard InChI is InChI=1S/C17H14BrNO5/c1-23-12-5-6-13(17(10-12)24-2)16(20)8-4-11-3-7-14(18)15(9-11)19(21)22/h3-10H,1-2H3/b8-4+. The number of benzene rings is 2. The molecule has 0 heterocycles. The van der Waals surface area contributed by atoms with Crippen molar-refractivity contribution in [2.45, 2.75) is 0 Å². The van der Waals surface area contributed by atoms with Crippen LogP contribution < -0.4 is 9.47 Å². The third kappa shape index (κ3) is 3.99. The summed E-state index contributed by atoms with van der Waals surface area (Å²) in [5.74, 6) is 0.696. The topological polar surface area (TPSA) is 78.7 Å². The Bertz CT molecular complexity index is 817. The number of hydrogen-bond donors (Lipinski definition) is 0. The van der Waals surface area contributed by atoms with Gasteiger partial charge in [0.15, 0.2) is 5.78 Å². The van der Waals surface area contributed by atoms with Crippen LogP contribution >= 0.6 is 15.9 Å². The second-order valence-electron chi connectivity index (χ2n) is 4.73. The quantitative estimate of drug-likeness (QED) is 0.318. The lowest BCUT2D eigenvalue weighted by atomic mass is 10.1. The fourth-order valence-electron chi connectivity index (χ4n) is 2.04. The molecule has 0 unspecified atom stereocenters. The number of ketones is 1. The summed E-state index contributed by atoms with van der Waals surface area (Å²) < 4.78 is 10.7. The van der Waals surface area contributed by atoms with E-state index in [1.165, 1.54) is 32.4 Å². The van der Waals surface area contributed by atoms with E-state index in [1.807, 2.05) is 0 Å². The summed E-state index contributed by atoms with van der Waals surface area (Å²) in [6.07, 6.45) is 2.86. The van der Waals surface area contributed by atoms with Crippen LogP contribution in [-0.2, 0) is 0 Å². The molecule has 0 bridgehead atoms. The fourth-order valence-corrected chi connectivity index (χ4v) is 2.43. The van der Waals surface area contributed by atoms with E-state index in [9.17, 15) is 14.9 Å². The van der Waals surface area contributed by atoms with Crippen molar-refractivity contribution < 1.29 is 19.2 Å². The number of nitrogens with zero attached hydrogens (tertiary/aromatic N) is 1. The van der Waals surface area contributed by atoms with Crippen molar-refractivity contribution >= 4 is 33.5 Å². The van der Waals surface area contributed by atoms with Gasteiger partial charge in [-0.3, -0.25) is 14.9 Å². The number of halogens is 1. The first-order valence-electron chi connectivity index (χ1n) is 6.84. The monoisotopic (exact) mass is 391 g/mol. The Morgan fingerprint density at radius 1 is 1.17 bits per heavy atom. The summed E-state index contributed by atoms with van der Waals surface area (Å²) in [6, 6.07) is 9.51. The van der Waals surface area contributed by atoms with Crippen molar-refractivity contribution in [3.63, 3.8) is 0 Å². The number of carbonyl (C=O) groups is 1. The fraction of sp³-hybridized carbons (Fsp3) is 0.118. The number of hydrogen-bond acceptors (Lipinski definition) is 5. The van der Waals surface area contributed by atoms with Gasteiger partial charge >= 0.3 is 0 Å². The Labute approximate surface area is 147 Å². The maximum Gasteiger partial charge on any atom is 0.284 e. The summed E-state index contributed by atoms with van der Waals surface area (Å²) in [7, 11) is 2.99. The lowest BCUT2D eigenvalue weighted by Crippen LogP contribution is -1.99. The van der Waals surface area contributed by atoms with Gasteiger partial charge in [-0.2, -0.15) is 0 Å². The number of carbonyl (C=O) groups excluding carboxylic acids is 1. The molecule has 2 rings (SSSR count). The van der Waals surface area contributed by atoms with Gasteiger partial charge in [0.25, 0.3) is 5.69 Å². The van der Waals surface area contributed by atoms with E-state index in [4.69, 9.17) is 9.47 Å². The Morgan fingerprint density at radius 2 is 1.92 bits per heavy atom. The van der Waals surface area contributed by atoms with Crippen molar-refractivity contribution in [2.24, 2.45) is 0 Å². The third-order valence-electron chi connectivity index (χ3n) is 3.27. The van der Waals surface area contributed by atoms with Gasteiger partial charge in [0.2, 0.25) is 0 Å². The Hall–Kier alpha value is -2.67. The summed E-state index contributed by atoms with van der Waals surface area (Å²) in [6.45, 7) is 0. The molecule has 0 amide bonds. The number of nitro groups is 1. The van der Waals surface area contributed by atoms with Crippen LogP contribution in [0.4, 0.5) is 5.69 Å². The summed E-state index contributed by atoms with van der Waals surface area (Å²) in [5, 5.41) is 10.9. The van der Waals surface area contributed by atoms with Crippen molar-refractivity contribution in [1.29, 1.82) is 0 Å². The SMILES string of the molecule is COc1ccc(C(=O)/C=C/c2ccc(Br)c([N+](=O)[O-])c2)c(OC)c1. The van der Waals surface area contributed by atoms with Crippen molar-refractivity contribution in [3.05, 3.63) is 68.2 Å². The lowest BCUT2D eigenvalue weighted by molar-refractivity contribution is -0.385. The highest BCUT2D eigenvalue weighted by molar-refractivity contribution is 9.10. The molecule has 2 aromatic rings. The molecule has 0 fully saturated rings. The number of rotatable bonds is 6.